The molecule has 0 aromatic carbocycles. The van der Waals surface area contributed by atoms with Crippen LogP contribution in [0.4, 0.5) is 0 Å². The first-order valence-corrected chi connectivity index (χ1v) is 7.86. The van der Waals surface area contributed by atoms with Crippen LogP contribution in [0.25, 0.3) is 0 Å². The molecule has 1 atom stereocenters. The molecular weight excluding hydrogens is 335 g/mol. The predicted molar refractivity (Wildman–Crippen MR) is 80.1 cm³/mol. The van der Waals surface area contributed by atoms with Crippen molar-refractivity contribution in [3.63, 3.8) is 0 Å². The third-order valence-corrected chi connectivity index (χ3v) is 4.63. The van der Waals surface area contributed by atoms with Crippen LogP contribution in [0.2, 0.25) is 8.67 Å². The number of ether oxygens (including phenoxy) is 1. The van der Waals surface area contributed by atoms with Crippen molar-refractivity contribution in [1.29, 1.82) is 0 Å². The zero-order chi connectivity index (χ0) is 15.0. The van der Waals surface area contributed by atoms with E-state index in [0.717, 1.165) is 0 Å². The minimum Gasteiger partial charge on any atom is -0.366 e. The molecule has 1 saturated heterocycles. The predicted octanol–water partition coefficient (Wildman–Crippen LogP) is 2.70. The highest BCUT2D eigenvalue weighted by Crippen LogP contribution is 2.32. The lowest BCUT2D eigenvalue weighted by molar-refractivity contribution is -0.0266. The van der Waals surface area contributed by atoms with E-state index >= 15 is 0 Å². The fraction of sp³-hybridized carbons (Fsp3) is 0.417. The van der Waals surface area contributed by atoms with Crippen molar-refractivity contribution in [2.75, 3.05) is 19.7 Å². The van der Waals surface area contributed by atoms with Crippen LogP contribution >= 0.6 is 34.5 Å². The number of nitrogens with one attached hydrogen (secondary N) is 1. The van der Waals surface area contributed by atoms with E-state index in [2.05, 4.69) is 15.2 Å². The summed E-state index contributed by atoms with van der Waals surface area (Å²) in [6, 6.07) is 1.60. The second kappa shape index (κ2) is 5.92. The fourth-order valence-corrected chi connectivity index (χ4v) is 3.60. The molecule has 1 fully saturated rings. The van der Waals surface area contributed by atoms with Crippen molar-refractivity contribution in [3.8, 4) is 0 Å². The molecule has 0 unspecified atom stereocenters. The molecule has 6 nitrogen and oxygen atoms in total. The number of thiophene rings is 1. The molecular formula is C12H12Cl2N4O2S. The van der Waals surface area contributed by atoms with Crippen LogP contribution in [0.15, 0.2) is 6.07 Å². The molecule has 3 heterocycles. The van der Waals surface area contributed by atoms with Crippen LogP contribution < -0.4 is 0 Å². The Balaban J connectivity index is 1.77. The highest BCUT2D eigenvalue weighted by Gasteiger charge is 2.30. The first-order valence-electron chi connectivity index (χ1n) is 6.29. The molecule has 2 aromatic rings. The number of halogens is 2. The highest BCUT2D eigenvalue weighted by molar-refractivity contribution is 7.20. The van der Waals surface area contributed by atoms with Crippen LogP contribution in [-0.2, 0) is 4.74 Å². The van der Waals surface area contributed by atoms with Gasteiger partial charge in [0.2, 0.25) is 0 Å². The topological polar surface area (TPSA) is 71.1 Å². The number of hydrogen-bond donors (Lipinski definition) is 1. The van der Waals surface area contributed by atoms with Crippen molar-refractivity contribution in [2.24, 2.45) is 0 Å². The standard InChI is InChI=1S/C12H12Cl2N4O2S/c1-6-15-11(17-16-6)8-5-18(2-3-20-8)12(19)7-4-9(13)21-10(7)14/h4,8H,2-3,5H2,1H3,(H,15,16,17)/t8-/m0/s1. The van der Waals surface area contributed by atoms with E-state index in [0.29, 0.717) is 45.6 Å². The number of hydrogen-bond acceptors (Lipinski definition) is 5. The minimum atomic E-state index is -0.333. The van der Waals surface area contributed by atoms with Gasteiger partial charge in [-0.3, -0.25) is 9.89 Å². The Morgan fingerprint density at radius 1 is 1.57 bits per heavy atom. The molecule has 112 valence electrons. The molecule has 1 N–H and O–H groups in total. The summed E-state index contributed by atoms with van der Waals surface area (Å²) in [6.45, 7) is 3.14. The number of carbonyl (C=O) groups excluding carboxylic acids is 1. The Kier molecular flexibility index (Phi) is 4.17. The molecule has 0 saturated carbocycles. The van der Waals surface area contributed by atoms with Crippen molar-refractivity contribution < 1.29 is 9.53 Å². The first-order chi connectivity index (χ1) is 10.0. The van der Waals surface area contributed by atoms with E-state index < -0.39 is 0 Å². The summed E-state index contributed by atoms with van der Waals surface area (Å²) in [5, 5.41) is 6.86. The number of morpholine rings is 1. The smallest absolute Gasteiger partial charge is 0.256 e. The second-order valence-corrected chi connectivity index (χ2v) is 6.91. The molecule has 0 radical (unpaired) electrons. The van der Waals surface area contributed by atoms with Gasteiger partial charge in [0.05, 0.1) is 23.1 Å². The number of aromatic nitrogens is 3. The van der Waals surface area contributed by atoms with E-state index in [1.165, 1.54) is 11.3 Å². The summed E-state index contributed by atoms with van der Waals surface area (Å²) in [5.74, 6) is 1.12. The molecule has 2 aromatic heterocycles. The van der Waals surface area contributed by atoms with Crippen LogP contribution in [0.5, 0.6) is 0 Å². The normalized spacial score (nSPS) is 19.0. The minimum absolute atomic E-state index is 0.149. The Morgan fingerprint density at radius 2 is 2.38 bits per heavy atom. The summed E-state index contributed by atoms with van der Waals surface area (Å²) in [4.78, 5) is 18.4. The second-order valence-electron chi connectivity index (χ2n) is 4.63. The van der Waals surface area contributed by atoms with Gasteiger partial charge in [0.15, 0.2) is 5.82 Å². The maximum atomic E-state index is 12.5. The van der Waals surface area contributed by atoms with Gasteiger partial charge in [-0.25, -0.2) is 4.98 Å². The quantitative estimate of drug-likeness (QED) is 0.907. The summed E-state index contributed by atoms with van der Waals surface area (Å²) in [7, 11) is 0. The Hall–Kier alpha value is -1.15. The number of H-pyrrole nitrogens is 1. The van der Waals surface area contributed by atoms with E-state index in [4.69, 9.17) is 27.9 Å². The largest absolute Gasteiger partial charge is 0.366 e. The highest BCUT2D eigenvalue weighted by atomic mass is 35.5. The zero-order valence-electron chi connectivity index (χ0n) is 11.1. The maximum Gasteiger partial charge on any atom is 0.256 e. The molecule has 9 heteroatoms. The van der Waals surface area contributed by atoms with Gasteiger partial charge in [0.25, 0.3) is 5.91 Å². The Labute approximate surface area is 135 Å². The lowest BCUT2D eigenvalue weighted by atomic mass is 10.2. The van der Waals surface area contributed by atoms with Gasteiger partial charge < -0.3 is 9.64 Å². The van der Waals surface area contributed by atoms with Gasteiger partial charge in [0, 0.05) is 6.54 Å². The molecule has 1 aliphatic rings. The van der Waals surface area contributed by atoms with Crippen LogP contribution in [-0.4, -0.2) is 45.7 Å². The Bertz CT molecular complexity index is 672. The van der Waals surface area contributed by atoms with E-state index in [9.17, 15) is 4.79 Å². The molecule has 0 aliphatic carbocycles. The summed E-state index contributed by atoms with van der Waals surface area (Å²) in [6.07, 6.45) is -0.333. The third-order valence-electron chi connectivity index (χ3n) is 3.14. The zero-order valence-corrected chi connectivity index (χ0v) is 13.4. The van der Waals surface area contributed by atoms with E-state index in [1.807, 2.05) is 6.92 Å². The molecule has 0 bridgehead atoms. The average molecular weight is 347 g/mol. The van der Waals surface area contributed by atoms with Crippen LogP contribution in [0.1, 0.15) is 28.1 Å². The van der Waals surface area contributed by atoms with Crippen LogP contribution in [0.3, 0.4) is 0 Å². The molecule has 3 rings (SSSR count). The summed E-state index contributed by atoms with van der Waals surface area (Å²) in [5.41, 5.74) is 0.429. The number of nitrogens with zero attached hydrogens (tertiary/aromatic N) is 3. The number of carbonyl (C=O) groups is 1. The van der Waals surface area contributed by atoms with Crippen molar-refractivity contribution in [3.05, 3.63) is 32.0 Å². The molecule has 1 amide bonds. The van der Waals surface area contributed by atoms with Gasteiger partial charge in [-0.1, -0.05) is 23.2 Å². The lowest BCUT2D eigenvalue weighted by Crippen LogP contribution is -2.42. The van der Waals surface area contributed by atoms with Gasteiger partial charge >= 0.3 is 0 Å². The number of rotatable bonds is 2. The van der Waals surface area contributed by atoms with Gasteiger partial charge in [0.1, 0.15) is 16.3 Å². The lowest BCUT2D eigenvalue weighted by Gasteiger charge is -2.31. The maximum absolute atomic E-state index is 12.5. The number of amides is 1. The third kappa shape index (κ3) is 3.06. The molecule has 0 spiro atoms. The van der Waals surface area contributed by atoms with Crippen molar-refractivity contribution >= 4 is 40.4 Å². The van der Waals surface area contributed by atoms with E-state index in [-0.39, 0.29) is 12.0 Å². The molecule has 1 aliphatic heterocycles. The van der Waals surface area contributed by atoms with Gasteiger partial charge in [-0.2, -0.15) is 5.10 Å². The Morgan fingerprint density at radius 3 is 3.00 bits per heavy atom. The van der Waals surface area contributed by atoms with Crippen molar-refractivity contribution in [2.45, 2.75) is 13.0 Å². The summed E-state index contributed by atoms with van der Waals surface area (Å²) < 4.78 is 6.54. The van der Waals surface area contributed by atoms with Gasteiger partial charge in [-0.05, 0) is 13.0 Å². The summed E-state index contributed by atoms with van der Waals surface area (Å²) >= 11 is 13.1. The average Bonchev–Trinajstić information content (AvgIpc) is 3.04. The first kappa shape index (κ1) is 14.8. The number of aryl methyl sites for hydroxylation is 1. The van der Waals surface area contributed by atoms with E-state index in [1.54, 1.807) is 11.0 Å². The number of aromatic amines is 1. The SMILES string of the molecule is Cc1nc([C@@H]2CN(C(=O)c3cc(Cl)sc3Cl)CCO2)n[nH]1. The van der Waals surface area contributed by atoms with Crippen molar-refractivity contribution in [1.82, 2.24) is 20.1 Å². The van der Waals surface area contributed by atoms with Crippen LogP contribution in [0, 0.1) is 6.92 Å². The fourth-order valence-electron chi connectivity index (χ4n) is 2.15. The van der Waals surface area contributed by atoms with Gasteiger partial charge in [-0.15, -0.1) is 11.3 Å². The molecule has 21 heavy (non-hydrogen) atoms. The monoisotopic (exact) mass is 346 g/mol.